The standard InChI is InChI=1S/C17H23NO3/c1-3-20-10-8-14-7-6-13(2)11-16(14)17(19)18-15-5-4-9-21-12-15/h6-8,10-11,15H,3-5,9,12H2,1-2H3,(H,18,19)/b10-8+. The second-order valence-corrected chi connectivity index (χ2v) is 5.24. The third kappa shape index (κ3) is 4.60. The highest BCUT2D eigenvalue weighted by Gasteiger charge is 2.18. The van der Waals surface area contributed by atoms with Crippen LogP contribution >= 0.6 is 0 Å². The van der Waals surface area contributed by atoms with E-state index in [9.17, 15) is 4.79 Å². The number of carbonyl (C=O) groups excluding carboxylic acids is 1. The fourth-order valence-corrected chi connectivity index (χ4v) is 2.35. The molecule has 1 fully saturated rings. The van der Waals surface area contributed by atoms with Crippen molar-refractivity contribution in [1.29, 1.82) is 0 Å². The molecule has 0 aromatic heterocycles. The van der Waals surface area contributed by atoms with Gasteiger partial charge < -0.3 is 14.8 Å². The molecule has 1 unspecified atom stereocenters. The maximum atomic E-state index is 12.5. The summed E-state index contributed by atoms with van der Waals surface area (Å²) in [6, 6.07) is 5.95. The van der Waals surface area contributed by atoms with Crippen molar-refractivity contribution in [3.05, 3.63) is 41.2 Å². The monoisotopic (exact) mass is 289 g/mol. The largest absolute Gasteiger partial charge is 0.501 e. The van der Waals surface area contributed by atoms with Gasteiger partial charge >= 0.3 is 0 Å². The Labute approximate surface area is 126 Å². The highest BCUT2D eigenvalue weighted by molar-refractivity contribution is 5.98. The molecule has 0 aliphatic carbocycles. The molecule has 1 saturated heterocycles. The van der Waals surface area contributed by atoms with E-state index < -0.39 is 0 Å². The van der Waals surface area contributed by atoms with Crippen molar-refractivity contribution in [2.45, 2.75) is 32.7 Å². The summed E-state index contributed by atoms with van der Waals surface area (Å²) < 4.78 is 10.6. The molecule has 1 aromatic carbocycles. The number of rotatable bonds is 5. The van der Waals surface area contributed by atoms with Gasteiger partial charge in [-0.25, -0.2) is 0 Å². The van der Waals surface area contributed by atoms with E-state index in [0.29, 0.717) is 18.8 Å². The Balaban J connectivity index is 2.12. The molecular weight excluding hydrogens is 266 g/mol. The van der Waals surface area contributed by atoms with Crippen LogP contribution < -0.4 is 5.32 Å². The molecule has 21 heavy (non-hydrogen) atoms. The highest BCUT2D eigenvalue weighted by Crippen LogP contribution is 2.15. The fourth-order valence-electron chi connectivity index (χ4n) is 2.35. The summed E-state index contributed by atoms with van der Waals surface area (Å²) in [7, 11) is 0. The molecular formula is C17H23NO3. The zero-order chi connectivity index (χ0) is 15.1. The topological polar surface area (TPSA) is 47.6 Å². The summed E-state index contributed by atoms with van der Waals surface area (Å²) in [6.07, 6.45) is 5.43. The SMILES string of the molecule is CCO/C=C/c1ccc(C)cc1C(=O)NC1CCCOC1. The molecule has 1 aliphatic rings. The van der Waals surface area contributed by atoms with E-state index in [2.05, 4.69) is 5.32 Å². The first-order valence-corrected chi connectivity index (χ1v) is 7.48. The van der Waals surface area contributed by atoms with E-state index >= 15 is 0 Å². The van der Waals surface area contributed by atoms with Crippen LogP contribution in [0.3, 0.4) is 0 Å². The van der Waals surface area contributed by atoms with E-state index in [0.717, 1.165) is 30.6 Å². The van der Waals surface area contributed by atoms with Crippen LogP contribution in [0.2, 0.25) is 0 Å². The first-order chi connectivity index (χ1) is 10.2. The van der Waals surface area contributed by atoms with Crippen molar-refractivity contribution < 1.29 is 14.3 Å². The average molecular weight is 289 g/mol. The van der Waals surface area contributed by atoms with Crippen LogP contribution in [0.5, 0.6) is 0 Å². The van der Waals surface area contributed by atoms with Crippen LogP contribution in [0, 0.1) is 6.92 Å². The summed E-state index contributed by atoms with van der Waals surface area (Å²) in [4.78, 5) is 12.5. The van der Waals surface area contributed by atoms with Gasteiger partial charge in [-0.2, -0.15) is 0 Å². The first-order valence-electron chi connectivity index (χ1n) is 7.48. The minimum absolute atomic E-state index is 0.0506. The lowest BCUT2D eigenvalue weighted by Gasteiger charge is -2.23. The van der Waals surface area contributed by atoms with Gasteiger partial charge in [-0.15, -0.1) is 0 Å². The zero-order valence-corrected chi connectivity index (χ0v) is 12.7. The molecule has 1 aromatic rings. The molecule has 0 spiro atoms. The summed E-state index contributed by atoms with van der Waals surface area (Å²) in [5, 5.41) is 3.05. The first kappa shape index (κ1) is 15.6. The lowest BCUT2D eigenvalue weighted by Crippen LogP contribution is -2.40. The van der Waals surface area contributed by atoms with Gasteiger partial charge in [0.2, 0.25) is 0 Å². The fraction of sp³-hybridized carbons (Fsp3) is 0.471. The molecule has 1 atom stereocenters. The molecule has 4 heteroatoms. The number of carbonyl (C=O) groups is 1. The maximum absolute atomic E-state index is 12.5. The Morgan fingerprint density at radius 2 is 2.38 bits per heavy atom. The van der Waals surface area contributed by atoms with Crippen LogP contribution in [0.1, 0.15) is 41.3 Å². The van der Waals surface area contributed by atoms with Gasteiger partial charge in [-0.1, -0.05) is 17.7 Å². The Kier molecular flexibility index (Phi) is 5.81. The number of hydrogen-bond acceptors (Lipinski definition) is 3. The highest BCUT2D eigenvalue weighted by atomic mass is 16.5. The van der Waals surface area contributed by atoms with Crippen LogP contribution in [-0.2, 0) is 9.47 Å². The van der Waals surface area contributed by atoms with Crippen LogP contribution in [0.25, 0.3) is 6.08 Å². The molecule has 1 amide bonds. The predicted molar refractivity (Wildman–Crippen MR) is 83.1 cm³/mol. The van der Waals surface area contributed by atoms with E-state index in [-0.39, 0.29) is 11.9 Å². The minimum Gasteiger partial charge on any atom is -0.501 e. The second-order valence-electron chi connectivity index (χ2n) is 5.24. The summed E-state index contributed by atoms with van der Waals surface area (Å²) in [5.41, 5.74) is 2.61. The van der Waals surface area contributed by atoms with Crippen molar-refractivity contribution in [2.24, 2.45) is 0 Å². The summed E-state index contributed by atoms with van der Waals surface area (Å²) >= 11 is 0. The number of aryl methyl sites for hydroxylation is 1. The molecule has 1 heterocycles. The van der Waals surface area contributed by atoms with Gasteiger partial charge in [0.15, 0.2) is 0 Å². The predicted octanol–water partition coefficient (Wildman–Crippen LogP) is 2.91. The number of ether oxygens (including phenoxy) is 2. The Morgan fingerprint density at radius 3 is 3.10 bits per heavy atom. The normalized spacial score (nSPS) is 18.7. The third-order valence-electron chi connectivity index (χ3n) is 3.46. The van der Waals surface area contributed by atoms with Gasteiger partial charge in [-0.05, 0) is 44.4 Å². The minimum atomic E-state index is -0.0506. The van der Waals surface area contributed by atoms with Gasteiger partial charge in [0.1, 0.15) is 0 Å². The molecule has 0 saturated carbocycles. The average Bonchev–Trinajstić information content (AvgIpc) is 2.50. The second kappa shape index (κ2) is 7.84. The van der Waals surface area contributed by atoms with Crippen molar-refractivity contribution in [1.82, 2.24) is 5.32 Å². The van der Waals surface area contributed by atoms with Crippen LogP contribution in [-0.4, -0.2) is 31.8 Å². The summed E-state index contributed by atoms with van der Waals surface area (Å²) in [5.74, 6) is -0.0506. The molecule has 2 rings (SSSR count). The zero-order valence-electron chi connectivity index (χ0n) is 12.7. The molecule has 0 bridgehead atoms. The van der Waals surface area contributed by atoms with Crippen molar-refractivity contribution >= 4 is 12.0 Å². The van der Waals surface area contributed by atoms with Gasteiger partial charge in [0.05, 0.1) is 25.5 Å². The molecule has 1 aliphatic heterocycles. The number of amides is 1. The Morgan fingerprint density at radius 1 is 1.52 bits per heavy atom. The van der Waals surface area contributed by atoms with Crippen LogP contribution in [0.4, 0.5) is 0 Å². The quantitative estimate of drug-likeness (QED) is 0.848. The smallest absolute Gasteiger partial charge is 0.252 e. The van der Waals surface area contributed by atoms with E-state index in [1.807, 2.05) is 38.1 Å². The van der Waals surface area contributed by atoms with Crippen molar-refractivity contribution in [2.75, 3.05) is 19.8 Å². The number of hydrogen-bond donors (Lipinski definition) is 1. The number of benzene rings is 1. The third-order valence-corrected chi connectivity index (χ3v) is 3.46. The van der Waals surface area contributed by atoms with E-state index in [1.165, 1.54) is 0 Å². The van der Waals surface area contributed by atoms with Gasteiger partial charge in [-0.3, -0.25) is 4.79 Å². The molecule has 0 radical (unpaired) electrons. The lowest BCUT2D eigenvalue weighted by atomic mass is 10.0. The lowest BCUT2D eigenvalue weighted by molar-refractivity contribution is 0.0624. The molecule has 4 nitrogen and oxygen atoms in total. The van der Waals surface area contributed by atoms with Crippen molar-refractivity contribution in [3.63, 3.8) is 0 Å². The molecule has 1 N–H and O–H groups in total. The maximum Gasteiger partial charge on any atom is 0.252 e. The van der Waals surface area contributed by atoms with Crippen molar-refractivity contribution in [3.8, 4) is 0 Å². The van der Waals surface area contributed by atoms with E-state index in [1.54, 1.807) is 6.26 Å². The Bertz CT molecular complexity index is 505. The van der Waals surface area contributed by atoms with E-state index in [4.69, 9.17) is 9.47 Å². The Hall–Kier alpha value is -1.81. The van der Waals surface area contributed by atoms with Gasteiger partial charge in [0, 0.05) is 12.2 Å². The molecule has 114 valence electrons. The van der Waals surface area contributed by atoms with Gasteiger partial charge in [0.25, 0.3) is 5.91 Å². The van der Waals surface area contributed by atoms with Crippen LogP contribution in [0.15, 0.2) is 24.5 Å². The summed E-state index contributed by atoms with van der Waals surface area (Å²) in [6.45, 7) is 5.91. The number of nitrogens with one attached hydrogen (secondary N) is 1.